The first-order valence-corrected chi connectivity index (χ1v) is 7.53. The Morgan fingerprint density at radius 3 is 1.69 bits per heavy atom. The zero-order valence-electron chi connectivity index (χ0n) is 14.1. The molecule has 4 rings (SSSR count). The Morgan fingerprint density at radius 2 is 1.19 bits per heavy atom. The SMILES string of the molecule is O=C1OC(c2ccc(O)cc2)(c2ccc(O)cc2)c2ccccc21.[Na+].[OH-]. The topological polar surface area (TPSA) is 96.8 Å². The summed E-state index contributed by atoms with van der Waals surface area (Å²) in [6.07, 6.45) is 0. The second-order valence-electron chi connectivity index (χ2n) is 5.71. The molecule has 3 aromatic carbocycles. The summed E-state index contributed by atoms with van der Waals surface area (Å²) in [7, 11) is 0. The third-order valence-electron chi connectivity index (χ3n) is 4.32. The van der Waals surface area contributed by atoms with Crippen LogP contribution in [0.4, 0.5) is 0 Å². The first-order valence-electron chi connectivity index (χ1n) is 7.53. The number of phenolic OH excluding ortho intramolecular Hbond substituents is 2. The van der Waals surface area contributed by atoms with E-state index in [-0.39, 0.29) is 46.5 Å². The summed E-state index contributed by atoms with van der Waals surface area (Å²) in [6, 6.07) is 20.4. The molecule has 1 heterocycles. The molecule has 26 heavy (non-hydrogen) atoms. The maximum absolute atomic E-state index is 12.4. The number of phenols is 2. The molecule has 126 valence electrons. The molecule has 0 bridgehead atoms. The molecule has 3 aromatic rings. The van der Waals surface area contributed by atoms with Gasteiger partial charge >= 0.3 is 35.5 Å². The molecular formula is C20H15NaO5. The fourth-order valence-electron chi connectivity index (χ4n) is 3.20. The standard InChI is InChI=1S/C20H14O4.Na.H2O/c21-15-9-5-13(6-10-15)20(14-7-11-16(22)12-8-14)18-4-2-1-3-17(18)19(23)24-20;;/h1-12,21-22H;;1H2/q;+1;/p-1. The first-order chi connectivity index (χ1) is 11.6. The van der Waals surface area contributed by atoms with Crippen molar-refractivity contribution in [2.75, 3.05) is 0 Å². The Morgan fingerprint density at radius 1 is 0.731 bits per heavy atom. The Labute approximate surface area is 172 Å². The maximum Gasteiger partial charge on any atom is 1.00 e. The molecule has 3 N–H and O–H groups in total. The molecular weight excluding hydrogens is 343 g/mol. The third kappa shape index (κ3) is 2.99. The van der Waals surface area contributed by atoms with E-state index in [1.807, 2.05) is 12.1 Å². The number of cyclic esters (lactones) is 1. The number of rotatable bonds is 2. The van der Waals surface area contributed by atoms with Crippen LogP contribution in [0.5, 0.6) is 11.5 Å². The van der Waals surface area contributed by atoms with Gasteiger partial charge in [-0.15, -0.1) is 0 Å². The van der Waals surface area contributed by atoms with Gasteiger partial charge in [0.05, 0.1) is 5.56 Å². The molecule has 1 aliphatic rings. The Bertz CT molecular complexity index is 874. The molecule has 0 saturated carbocycles. The molecule has 0 amide bonds. The van der Waals surface area contributed by atoms with Crippen molar-refractivity contribution < 1.29 is 54.8 Å². The number of ether oxygens (including phenoxy) is 1. The van der Waals surface area contributed by atoms with E-state index in [9.17, 15) is 15.0 Å². The van der Waals surface area contributed by atoms with Gasteiger partial charge in [-0.05, 0) is 30.3 Å². The zero-order valence-corrected chi connectivity index (χ0v) is 16.1. The van der Waals surface area contributed by atoms with Gasteiger partial charge in [0.25, 0.3) is 0 Å². The largest absolute Gasteiger partial charge is 1.00 e. The van der Waals surface area contributed by atoms with Crippen molar-refractivity contribution in [2.24, 2.45) is 0 Å². The van der Waals surface area contributed by atoms with Gasteiger partial charge in [0, 0.05) is 16.7 Å². The van der Waals surface area contributed by atoms with Crippen LogP contribution in [0.15, 0.2) is 72.8 Å². The summed E-state index contributed by atoms with van der Waals surface area (Å²) < 4.78 is 5.87. The van der Waals surface area contributed by atoms with Crippen LogP contribution in [-0.4, -0.2) is 21.7 Å². The van der Waals surface area contributed by atoms with Gasteiger partial charge in [-0.3, -0.25) is 0 Å². The fraction of sp³-hybridized carbons (Fsp3) is 0.0500. The van der Waals surface area contributed by atoms with Gasteiger partial charge in [0.2, 0.25) is 0 Å². The number of fused-ring (bicyclic) bond motifs is 1. The van der Waals surface area contributed by atoms with Crippen molar-refractivity contribution in [1.29, 1.82) is 0 Å². The average Bonchev–Trinajstić information content (AvgIpc) is 2.91. The van der Waals surface area contributed by atoms with Gasteiger partial charge in [-0.1, -0.05) is 42.5 Å². The number of carbonyl (C=O) groups is 1. The third-order valence-corrected chi connectivity index (χ3v) is 4.32. The molecule has 0 atom stereocenters. The predicted molar refractivity (Wildman–Crippen MR) is 89.9 cm³/mol. The van der Waals surface area contributed by atoms with Crippen molar-refractivity contribution >= 4 is 5.97 Å². The van der Waals surface area contributed by atoms with Crippen molar-refractivity contribution in [2.45, 2.75) is 5.60 Å². The smallest absolute Gasteiger partial charge is 0.870 e. The normalized spacial score (nSPS) is 13.8. The predicted octanol–water partition coefficient (Wildman–Crippen LogP) is 0.387. The van der Waals surface area contributed by atoms with Crippen LogP contribution in [0.1, 0.15) is 27.0 Å². The monoisotopic (exact) mass is 358 g/mol. The molecule has 0 radical (unpaired) electrons. The quantitative estimate of drug-likeness (QED) is 0.510. The van der Waals surface area contributed by atoms with Crippen LogP contribution in [0.2, 0.25) is 0 Å². The molecule has 0 aliphatic carbocycles. The van der Waals surface area contributed by atoms with Crippen molar-refractivity contribution in [1.82, 2.24) is 0 Å². The van der Waals surface area contributed by atoms with Crippen LogP contribution in [0.3, 0.4) is 0 Å². The summed E-state index contributed by atoms with van der Waals surface area (Å²) in [6.45, 7) is 0. The number of benzene rings is 3. The van der Waals surface area contributed by atoms with Crippen LogP contribution in [-0.2, 0) is 10.3 Å². The van der Waals surface area contributed by atoms with Gasteiger partial charge in [-0.2, -0.15) is 0 Å². The summed E-state index contributed by atoms with van der Waals surface area (Å²) in [5.41, 5.74) is 1.60. The van der Waals surface area contributed by atoms with E-state index in [4.69, 9.17) is 4.74 Å². The van der Waals surface area contributed by atoms with Crippen molar-refractivity contribution in [3.8, 4) is 11.5 Å². The number of aromatic hydroxyl groups is 2. The minimum Gasteiger partial charge on any atom is -0.870 e. The Kier molecular flexibility index (Phi) is 5.78. The van der Waals surface area contributed by atoms with Crippen LogP contribution < -0.4 is 29.6 Å². The molecule has 0 spiro atoms. The summed E-state index contributed by atoms with van der Waals surface area (Å²) in [4.78, 5) is 12.4. The molecule has 6 heteroatoms. The number of carbonyl (C=O) groups excluding carboxylic acids is 1. The molecule has 0 fully saturated rings. The van der Waals surface area contributed by atoms with E-state index in [0.29, 0.717) is 5.56 Å². The second kappa shape index (κ2) is 7.51. The number of hydrogen-bond donors (Lipinski definition) is 2. The van der Waals surface area contributed by atoms with Gasteiger partial charge in [-0.25, -0.2) is 4.79 Å². The summed E-state index contributed by atoms with van der Waals surface area (Å²) in [5.74, 6) is -0.124. The van der Waals surface area contributed by atoms with E-state index in [1.165, 1.54) is 0 Å². The van der Waals surface area contributed by atoms with Gasteiger partial charge in [0.1, 0.15) is 11.5 Å². The maximum atomic E-state index is 12.4. The molecule has 1 aliphatic heterocycles. The van der Waals surface area contributed by atoms with E-state index < -0.39 is 11.6 Å². The van der Waals surface area contributed by atoms with E-state index in [2.05, 4.69) is 0 Å². The van der Waals surface area contributed by atoms with Crippen LogP contribution in [0, 0.1) is 0 Å². The number of esters is 1. The van der Waals surface area contributed by atoms with E-state index in [1.54, 1.807) is 60.7 Å². The number of hydrogen-bond acceptors (Lipinski definition) is 5. The van der Waals surface area contributed by atoms with Gasteiger partial charge in [0.15, 0.2) is 5.60 Å². The average molecular weight is 358 g/mol. The van der Waals surface area contributed by atoms with Gasteiger partial charge < -0.3 is 20.4 Å². The van der Waals surface area contributed by atoms with Crippen molar-refractivity contribution in [3.63, 3.8) is 0 Å². The summed E-state index contributed by atoms with van der Waals surface area (Å²) in [5, 5.41) is 19.2. The Balaban J connectivity index is 0.00000121. The second-order valence-corrected chi connectivity index (χ2v) is 5.71. The molecule has 0 unspecified atom stereocenters. The summed E-state index contributed by atoms with van der Waals surface area (Å²) >= 11 is 0. The van der Waals surface area contributed by atoms with E-state index >= 15 is 0 Å². The van der Waals surface area contributed by atoms with Crippen molar-refractivity contribution in [3.05, 3.63) is 95.1 Å². The minimum absolute atomic E-state index is 0. The zero-order chi connectivity index (χ0) is 16.7. The van der Waals surface area contributed by atoms with Crippen LogP contribution >= 0.6 is 0 Å². The van der Waals surface area contributed by atoms with Crippen LogP contribution in [0.25, 0.3) is 0 Å². The molecule has 0 saturated heterocycles. The van der Waals surface area contributed by atoms with E-state index in [0.717, 1.165) is 16.7 Å². The fourth-order valence-corrected chi connectivity index (χ4v) is 3.20. The minimum atomic E-state index is -1.10. The molecule has 0 aromatic heterocycles. The Hall–Kier alpha value is -2.31. The molecule has 5 nitrogen and oxygen atoms in total. The first kappa shape index (κ1) is 20.0.